The van der Waals surface area contributed by atoms with E-state index in [-0.39, 0.29) is 0 Å². The molecule has 0 bridgehead atoms. The Morgan fingerprint density at radius 1 is 1.15 bits per heavy atom. The van der Waals surface area contributed by atoms with E-state index in [2.05, 4.69) is 10.3 Å². The van der Waals surface area contributed by atoms with Crippen molar-refractivity contribution in [3.63, 3.8) is 0 Å². The van der Waals surface area contributed by atoms with Crippen molar-refractivity contribution in [1.82, 2.24) is 4.98 Å². The first-order valence-electron chi connectivity index (χ1n) is 4.93. The van der Waals surface area contributed by atoms with Crippen molar-refractivity contribution >= 4 is 5.69 Å². The Hall–Kier alpha value is -1.05. The highest BCUT2D eigenvalue weighted by Gasteiger charge is 1.89. The second kappa shape index (κ2) is 11.0. The summed E-state index contributed by atoms with van der Waals surface area (Å²) in [6.07, 6.45) is 3.60. The molecule has 76 valence electrons. The van der Waals surface area contributed by atoms with Crippen molar-refractivity contribution in [1.29, 1.82) is 0 Å². The molecule has 0 aliphatic heterocycles. The van der Waals surface area contributed by atoms with E-state index in [1.807, 2.05) is 53.9 Å². The van der Waals surface area contributed by atoms with Gasteiger partial charge in [0.1, 0.15) is 0 Å². The Morgan fingerprint density at radius 3 is 2.00 bits per heavy atom. The number of nitrogens with one attached hydrogen (secondary N) is 1. The Bertz CT molecular complexity index is 197. The van der Waals surface area contributed by atoms with Gasteiger partial charge in [0.25, 0.3) is 0 Å². The smallest absolute Gasteiger partial charge is 0.0553 e. The molecule has 1 rings (SSSR count). The van der Waals surface area contributed by atoms with Crippen LogP contribution in [-0.4, -0.2) is 12.0 Å². The quantitative estimate of drug-likeness (QED) is 0.719. The third-order valence-electron chi connectivity index (χ3n) is 1.31. The minimum Gasteiger partial charge on any atom is -0.387 e. The molecule has 0 atom stereocenters. The lowest BCUT2D eigenvalue weighted by Gasteiger charge is -2.00. The van der Waals surface area contributed by atoms with Crippen molar-refractivity contribution in [3.8, 4) is 0 Å². The van der Waals surface area contributed by atoms with Gasteiger partial charge >= 0.3 is 0 Å². The van der Waals surface area contributed by atoms with E-state index >= 15 is 0 Å². The second-order valence-corrected chi connectivity index (χ2v) is 1.94. The van der Waals surface area contributed by atoms with Crippen LogP contribution in [-0.2, 0) is 0 Å². The molecule has 0 saturated heterocycles. The van der Waals surface area contributed by atoms with E-state index in [1.165, 1.54) is 5.56 Å². The van der Waals surface area contributed by atoms with Gasteiger partial charge in [-0.05, 0) is 18.6 Å². The lowest BCUT2D eigenvalue weighted by molar-refractivity contribution is 1.27. The van der Waals surface area contributed by atoms with Gasteiger partial charge in [-0.1, -0.05) is 27.7 Å². The molecule has 0 radical (unpaired) electrons. The molecule has 0 aromatic carbocycles. The van der Waals surface area contributed by atoms with Crippen LogP contribution < -0.4 is 5.32 Å². The standard InChI is InChI=1S/C7H10N2.2C2H6/c1-6-3-4-9-5-7(6)8-2;2*1-2/h3-5,8H,1-2H3;2*1-2H3. The Morgan fingerprint density at radius 2 is 1.69 bits per heavy atom. The maximum atomic E-state index is 3.95. The van der Waals surface area contributed by atoms with Crippen LogP contribution in [0.25, 0.3) is 0 Å². The number of aromatic nitrogens is 1. The maximum absolute atomic E-state index is 3.95. The number of nitrogens with zero attached hydrogens (tertiary/aromatic N) is 1. The molecule has 0 spiro atoms. The highest BCUT2D eigenvalue weighted by atomic mass is 14.8. The molecule has 1 aromatic heterocycles. The number of pyridine rings is 1. The van der Waals surface area contributed by atoms with E-state index < -0.39 is 0 Å². The Balaban J connectivity index is 0. The molecule has 0 fully saturated rings. The average Bonchev–Trinajstić information content (AvgIpc) is 2.24. The molecule has 1 heterocycles. The van der Waals surface area contributed by atoms with Crippen LogP contribution in [0.4, 0.5) is 5.69 Å². The zero-order valence-electron chi connectivity index (χ0n) is 9.68. The fourth-order valence-electron chi connectivity index (χ4n) is 0.726. The third kappa shape index (κ3) is 6.14. The molecular formula is C11H22N2. The largest absolute Gasteiger partial charge is 0.387 e. The van der Waals surface area contributed by atoms with Crippen LogP contribution in [0.15, 0.2) is 18.5 Å². The summed E-state index contributed by atoms with van der Waals surface area (Å²) < 4.78 is 0. The first kappa shape index (κ1) is 14.5. The van der Waals surface area contributed by atoms with Gasteiger partial charge in [-0.15, -0.1) is 0 Å². The fraction of sp³-hybridized carbons (Fsp3) is 0.545. The summed E-state index contributed by atoms with van der Waals surface area (Å²) in [4.78, 5) is 3.95. The van der Waals surface area contributed by atoms with Crippen molar-refractivity contribution in [2.75, 3.05) is 12.4 Å². The first-order valence-corrected chi connectivity index (χ1v) is 4.93. The molecule has 0 saturated carbocycles. The van der Waals surface area contributed by atoms with Crippen molar-refractivity contribution < 1.29 is 0 Å². The molecule has 2 heteroatoms. The van der Waals surface area contributed by atoms with Gasteiger partial charge in [0, 0.05) is 13.2 Å². The van der Waals surface area contributed by atoms with Gasteiger partial charge in [-0.25, -0.2) is 0 Å². The van der Waals surface area contributed by atoms with Crippen molar-refractivity contribution in [3.05, 3.63) is 24.0 Å². The fourth-order valence-corrected chi connectivity index (χ4v) is 0.726. The van der Waals surface area contributed by atoms with Gasteiger partial charge in [0.05, 0.1) is 11.9 Å². The molecule has 0 unspecified atom stereocenters. The van der Waals surface area contributed by atoms with E-state index in [9.17, 15) is 0 Å². The summed E-state index contributed by atoms with van der Waals surface area (Å²) in [5, 5.41) is 3.03. The minimum absolute atomic E-state index is 1.09. The molecule has 13 heavy (non-hydrogen) atoms. The second-order valence-electron chi connectivity index (χ2n) is 1.94. The lowest BCUT2D eigenvalue weighted by Crippen LogP contribution is -1.90. The number of aryl methyl sites for hydroxylation is 1. The van der Waals surface area contributed by atoms with E-state index in [4.69, 9.17) is 0 Å². The summed E-state index contributed by atoms with van der Waals surface area (Å²) in [7, 11) is 1.89. The normalized spacial score (nSPS) is 7.23. The van der Waals surface area contributed by atoms with Crippen molar-refractivity contribution in [2.24, 2.45) is 0 Å². The Kier molecular flexibility index (Phi) is 12.2. The van der Waals surface area contributed by atoms with Crippen LogP contribution >= 0.6 is 0 Å². The predicted molar refractivity (Wildman–Crippen MR) is 61.2 cm³/mol. The van der Waals surface area contributed by atoms with Gasteiger partial charge in [-0.2, -0.15) is 0 Å². The highest BCUT2D eigenvalue weighted by Crippen LogP contribution is 2.08. The first-order chi connectivity index (χ1) is 6.34. The number of hydrogen-bond donors (Lipinski definition) is 1. The summed E-state index contributed by atoms with van der Waals surface area (Å²) in [6, 6.07) is 1.98. The van der Waals surface area contributed by atoms with Gasteiger partial charge in [-0.3, -0.25) is 4.98 Å². The predicted octanol–water partition coefficient (Wildman–Crippen LogP) is 3.48. The summed E-state index contributed by atoms with van der Waals surface area (Å²) in [6.45, 7) is 10.0. The van der Waals surface area contributed by atoms with E-state index in [1.54, 1.807) is 6.20 Å². The van der Waals surface area contributed by atoms with E-state index in [0.717, 1.165) is 5.69 Å². The van der Waals surface area contributed by atoms with Crippen LogP contribution in [0.5, 0.6) is 0 Å². The van der Waals surface area contributed by atoms with Crippen LogP contribution in [0, 0.1) is 6.92 Å². The Labute approximate surface area is 82.4 Å². The zero-order valence-corrected chi connectivity index (χ0v) is 9.68. The van der Waals surface area contributed by atoms with Crippen LogP contribution in [0.1, 0.15) is 33.3 Å². The molecular weight excluding hydrogens is 160 g/mol. The molecule has 0 aliphatic rings. The van der Waals surface area contributed by atoms with E-state index in [0.29, 0.717) is 0 Å². The average molecular weight is 182 g/mol. The van der Waals surface area contributed by atoms with Gasteiger partial charge < -0.3 is 5.32 Å². The monoisotopic (exact) mass is 182 g/mol. The molecule has 0 amide bonds. The number of rotatable bonds is 1. The van der Waals surface area contributed by atoms with Crippen molar-refractivity contribution in [2.45, 2.75) is 34.6 Å². The summed E-state index contributed by atoms with van der Waals surface area (Å²) in [5.74, 6) is 0. The third-order valence-corrected chi connectivity index (χ3v) is 1.31. The summed E-state index contributed by atoms with van der Waals surface area (Å²) >= 11 is 0. The zero-order chi connectivity index (χ0) is 10.7. The number of anilines is 1. The number of hydrogen-bond acceptors (Lipinski definition) is 2. The van der Waals surface area contributed by atoms with Gasteiger partial charge in [0.15, 0.2) is 0 Å². The maximum Gasteiger partial charge on any atom is 0.0553 e. The highest BCUT2D eigenvalue weighted by molar-refractivity contribution is 5.46. The molecule has 0 aliphatic carbocycles. The van der Waals surface area contributed by atoms with Crippen LogP contribution in [0.2, 0.25) is 0 Å². The summed E-state index contributed by atoms with van der Waals surface area (Å²) in [5.41, 5.74) is 2.32. The molecule has 1 N–H and O–H groups in total. The van der Waals surface area contributed by atoms with Gasteiger partial charge in [0.2, 0.25) is 0 Å². The molecule has 1 aromatic rings. The molecule has 2 nitrogen and oxygen atoms in total. The minimum atomic E-state index is 1.09. The lowest BCUT2D eigenvalue weighted by atomic mass is 10.2. The SMILES string of the molecule is CC.CC.CNc1cnccc1C. The topological polar surface area (TPSA) is 24.9 Å². The van der Waals surface area contributed by atoms with Crippen LogP contribution in [0.3, 0.4) is 0 Å².